The summed E-state index contributed by atoms with van der Waals surface area (Å²) < 4.78 is 10.0. The average molecular weight is 317 g/mol. The number of aromatic nitrogens is 3. The van der Waals surface area contributed by atoms with Gasteiger partial charge in [-0.3, -0.25) is 4.79 Å². The minimum atomic E-state index is -0.635. The summed E-state index contributed by atoms with van der Waals surface area (Å²) in [7, 11) is 1.25. The molecule has 0 aromatic carbocycles. The molecule has 0 unspecified atom stereocenters. The van der Waals surface area contributed by atoms with Gasteiger partial charge in [0, 0.05) is 0 Å². The second kappa shape index (κ2) is 5.64. The highest BCUT2D eigenvalue weighted by Gasteiger charge is 2.19. The van der Waals surface area contributed by atoms with Crippen LogP contribution in [0.1, 0.15) is 10.4 Å². The molecule has 0 atom stereocenters. The number of thioether (sulfide) groups is 1. The van der Waals surface area contributed by atoms with E-state index in [1.54, 1.807) is 18.4 Å². The van der Waals surface area contributed by atoms with Crippen molar-refractivity contribution in [3.63, 3.8) is 0 Å². The number of H-pyrrole nitrogens is 1. The summed E-state index contributed by atoms with van der Waals surface area (Å²) in [5.41, 5.74) is 0.235. The Labute approximate surface area is 128 Å². The molecule has 22 heavy (non-hydrogen) atoms. The number of carbonyl (C=O) groups is 1. The fraction of sp³-hybridized carbons (Fsp3) is 0.143. The largest absolute Gasteiger partial charge is 0.465 e. The topological polar surface area (TPSA) is 98.1 Å². The van der Waals surface area contributed by atoms with E-state index < -0.39 is 11.5 Å². The van der Waals surface area contributed by atoms with Crippen molar-refractivity contribution in [3.8, 4) is 11.5 Å². The van der Waals surface area contributed by atoms with Crippen LogP contribution in [0.2, 0.25) is 0 Å². The minimum Gasteiger partial charge on any atom is -0.465 e. The third-order valence-corrected chi connectivity index (χ3v) is 3.61. The first-order valence-electron chi connectivity index (χ1n) is 6.25. The minimum absolute atomic E-state index is 0.0972. The van der Waals surface area contributed by atoms with Crippen molar-refractivity contribution in [3.05, 3.63) is 40.4 Å². The Morgan fingerprint density at radius 2 is 2.23 bits per heavy atom. The number of carbonyl (C=O) groups excluding carboxylic acids is 1. The number of rotatable bonds is 3. The van der Waals surface area contributed by atoms with Crippen LogP contribution in [0.5, 0.6) is 0 Å². The quantitative estimate of drug-likeness (QED) is 0.448. The van der Waals surface area contributed by atoms with Crippen LogP contribution in [-0.4, -0.2) is 34.3 Å². The van der Waals surface area contributed by atoms with Crippen LogP contribution in [0.3, 0.4) is 0 Å². The van der Waals surface area contributed by atoms with Gasteiger partial charge in [0.15, 0.2) is 16.6 Å². The molecule has 0 aliphatic rings. The lowest BCUT2D eigenvalue weighted by atomic mass is 10.1. The number of methoxy groups -OCH3 is 1. The second-order valence-corrected chi connectivity index (χ2v) is 5.09. The maximum absolute atomic E-state index is 12.2. The Bertz CT molecular complexity index is 902. The molecule has 3 aromatic heterocycles. The molecule has 0 radical (unpaired) electrons. The van der Waals surface area contributed by atoms with Crippen molar-refractivity contribution in [2.45, 2.75) is 5.16 Å². The highest BCUT2D eigenvalue weighted by atomic mass is 32.2. The van der Waals surface area contributed by atoms with E-state index in [1.807, 2.05) is 0 Å². The van der Waals surface area contributed by atoms with E-state index in [0.717, 1.165) is 0 Å². The van der Waals surface area contributed by atoms with Gasteiger partial charge in [0.05, 0.1) is 24.3 Å². The lowest BCUT2D eigenvalue weighted by Gasteiger charge is -2.07. The Kier molecular flexibility index (Phi) is 3.68. The van der Waals surface area contributed by atoms with Gasteiger partial charge in [0.2, 0.25) is 0 Å². The Morgan fingerprint density at radius 3 is 2.86 bits per heavy atom. The molecule has 1 N–H and O–H groups in total. The summed E-state index contributed by atoms with van der Waals surface area (Å²) in [5, 5.41) is 0.511. The van der Waals surface area contributed by atoms with Crippen LogP contribution in [-0.2, 0) is 4.74 Å². The number of hydrogen-bond acceptors (Lipinski definition) is 7. The molecular weight excluding hydrogens is 306 g/mol. The summed E-state index contributed by atoms with van der Waals surface area (Å²) in [5.74, 6) is -0.163. The molecule has 0 saturated heterocycles. The lowest BCUT2D eigenvalue weighted by molar-refractivity contribution is 0.0603. The third kappa shape index (κ3) is 2.37. The van der Waals surface area contributed by atoms with E-state index in [4.69, 9.17) is 9.15 Å². The molecule has 0 aliphatic heterocycles. The van der Waals surface area contributed by atoms with E-state index in [0.29, 0.717) is 16.6 Å². The van der Waals surface area contributed by atoms with Crippen LogP contribution >= 0.6 is 11.8 Å². The fourth-order valence-corrected chi connectivity index (χ4v) is 2.41. The summed E-state index contributed by atoms with van der Waals surface area (Å²) in [6, 6.07) is 4.87. The predicted molar refractivity (Wildman–Crippen MR) is 81.0 cm³/mol. The Hall–Kier alpha value is -2.61. The zero-order valence-electron chi connectivity index (χ0n) is 11.7. The molecule has 3 heterocycles. The van der Waals surface area contributed by atoms with E-state index in [-0.39, 0.29) is 16.6 Å². The number of hydrogen-bond donors (Lipinski definition) is 1. The van der Waals surface area contributed by atoms with E-state index >= 15 is 0 Å². The van der Waals surface area contributed by atoms with Gasteiger partial charge in [-0.2, -0.15) is 0 Å². The maximum atomic E-state index is 12.2. The van der Waals surface area contributed by atoms with Crippen molar-refractivity contribution in [2.24, 2.45) is 0 Å². The second-order valence-electron chi connectivity index (χ2n) is 4.30. The summed E-state index contributed by atoms with van der Waals surface area (Å²) in [6.45, 7) is 0. The molecule has 8 heteroatoms. The van der Waals surface area contributed by atoms with Crippen molar-refractivity contribution in [2.75, 3.05) is 13.4 Å². The van der Waals surface area contributed by atoms with Crippen molar-refractivity contribution in [1.82, 2.24) is 15.0 Å². The van der Waals surface area contributed by atoms with Gasteiger partial charge in [-0.15, -0.1) is 0 Å². The van der Waals surface area contributed by atoms with Gasteiger partial charge in [-0.05, 0) is 24.5 Å². The molecule has 0 fully saturated rings. The Balaban J connectivity index is 2.38. The zero-order valence-corrected chi connectivity index (χ0v) is 12.6. The maximum Gasteiger partial charge on any atom is 0.338 e. The lowest BCUT2D eigenvalue weighted by Crippen LogP contribution is -2.15. The molecule has 3 rings (SSSR count). The fourth-order valence-electron chi connectivity index (χ4n) is 2.04. The van der Waals surface area contributed by atoms with Crippen molar-refractivity contribution < 1.29 is 13.9 Å². The van der Waals surface area contributed by atoms with Gasteiger partial charge < -0.3 is 14.1 Å². The van der Waals surface area contributed by atoms with E-state index in [9.17, 15) is 9.59 Å². The number of aromatic amines is 1. The number of fused-ring (bicyclic) bond motifs is 1. The zero-order chi connectivity index (χ0) is 15.7. The molecule has 0 bridgehead atoms. The third-order valence-electron chi connectivity index (χ3n) is 3.03. The van der Waals surface area contributed by atoms with Crippen LogP contribution in [0.25, 0.3) is 22.5 Å². The predicted octanol–water partition coefficient (Wildman–Crippen LogP) is 2.09. The molecular formula is C14H11N3O4S. The van der Waals surface area contributed by atoms with E-state index in [2.05, 4.69) is 15.0 Å². The molecule has 0 spiro atoms. The standard InChI is InChI=1S/C14H11N3O4S/c1-20-13(19)7-6-8(9-4-3-5-21-9)15-11-10(7)12(18)17-14(16-11)22-2/h3-6H,1-2H3,(H,15,16,17,18). The number of esters is 1. The van der Waals surface area contributed by atoms with Gasteiger partial charge >= 0.3 is 5.97 Å². The average Bonchev–Trinajstić information content (AvgIpc) is 3.07. The summed E-state index contributed by atoms with van der Waals surface area (Å²) >= 11 is 1.27. The van der Waals surface area contributed by atoms with Gasteiger partial charge in [-0.1, -0.05) is 11.8 Å². The van der Waals surface area contributed by atoms with Gasteiger partial charge in [0.25, 0.3) is 5.56 Å². The van der Waals surface area contributed by atoms with Crippen LogP contribution in [0.4, 0.5) is 0 Å². The number of pyridine rings is 1. The molecule has 0 amide bonds. The van der Waals surface area contributed by atoms with Crippen molar-refractivity contribution in [1.29, 1.82) is 0 Å². The smallest absolute Gasteiger partial charge is 0.338 e. The number of ether oxygens (including phenoxy) is 1. The van der Waals surface area contributed by atoms with E-state index in [1.165, 1.54) is 31.2 Å². The highest BCUT2D eigenvalue weighted by Crippen LogP contribution is 2.23. The normalized spacial score (nSPS) is 10.8. The Morgan fingerprint density at radius 1 is 1.41 bits per heavy atom. The molecule has 0 saturated carbocycles. The molecule has 0 aliphatic carbocycles. The van der Waals surface area contributed by atoms with Crippen LogP contribution < -0.4 is 5.56 Å². The molecule has 112 valence electrons. The number of nitrogens with one attached hydrogen (secondary N) is 1. The first kappa shape index (κ1) is 14.3. The van der Waals surface area contributed by atoms with Crippen LogP contribution in [0, 0.1) is 0 Å². The van der Waals surface area contributed by atoms with Gasteiger partial charge in [-0.25, -0.2) is 14.8 Å². The van der Waals surface area contributed by atoms with Crippen molar-refractivity contribution >= 4 is 28.8 Å². The number of nitrogens with zero attached hydrogens (tertiary/aromatic N) is 2. The molecule has 3 aromatic rings. The SMILES string of the molecule is COC(=O)c1cc(-c2ccco2)nc2nc(SC)[nH]c(=O)c12. The molecule has 7 nitrogen and oxygen atoms in total. The van der Waals surface area contributed by atoms with Gasteiger partial charge in [0.1, 0.15) is 5.69 Å². The van der Waals surface area contributed by atoms with Crippen LogP contribution in [0.15, 0.2) is 38.8 Å². The highest BCUT2D eigenvalue weighted by molar-refractivity contribution is 7.98. The number of furan rings is 1. The monoisotopic (exact) mass is 317 g/mol. The summed E-state index contributed by atoms with van der Waals surface area (Å²) in [4.78, 5) is 35.4. The first-order chi connectivity index (χ1) is 10.6. The first-order valence-corrected chi connectivity index (χ1v) is 7.47. The summed E-state index contributed by atoms with van der Waals surface area (Å²) in [6.07, 6.45) is 3.28.